The van der Waals surface area contributed by atoms with Crippen molar-refractivity contribution in [2.45, 2.75) is 353 Å². The van der Waals surface area contributed by atoms with Crippen LogP contribution in [0.3, 0.4) is 0 Å². The van der Waals surface area contributed by atoms with Gasteiger partial charge in [-0.05, 0) is 77.0 Å². The molecular formula is C67H120O12. The number of carboxylic acids is 1. The number of carbonyl (C=O) groups is 4. The molecule has 0 spiro atoms. The predicted octanol–water partition coefficient (Wildman–Crippen LogP) is 17.6. The average molecular weight is 1120 g/mol. The number of carbonyl (C=O) groups excluding carboxylic acids is 3. The molecule has 0 aromatic rings. The molecule has 0 aromatic carbocycles. The molecule has 1 aliphatic rings. The summed E-state index contributed by atoms with van der Waals surface area (Å²) >= 11 is 0. The van der Waals surface area contributed by atoms with Crippen molar-refractivity contribution in [3.05, 3.63) is 36.5 Å². The number of aliphatic carboxylic acids is 1. The zero-order valence-corrected chi connectivity index (χ0v) is 50.9. The number of carboxylic acid groups (broad SMARTS) is 1. The van der Waals surface area contributed by atoms with E-state index < -0.39 is 67.3 Å². The minimum atomic E-state index is -1.90. The minimum Gasteiger partial charge on any atom is -0.479 e. The smallest absolute Gasteiger partial charge is 0.335 e. The number of hydrogen-bond donors (Lipinski definition) is 3. The molecule has 12 nitrogen and oxygen atoms in total. The van der Waals surface area contributed by atoms with Crippen LogP contribution in [0.4, 0.5) is 0 Å². The van der Waals surface area contributed by atoms with Crippen molar-refractivity contribution in [3.8, 4) is 0 Å². The number of ether oxygens (including phenoxy) is 5. The molecule has 0 saturated carbocycles. The molecule has 1 rings (SSSR count). The summed E-state index contributed by atoms with van der Waals surface area (Å²) in [5.41, 5.74) is 0. The van der Waals surface area contributed by atoms with Crippen molar-refractivity contribution in [1.82, 2.24) is 0 Å². The summed E-state index contributed by atoms with van der Waals surface area (Å²) < 4.78 is 28.6. The number of unbranched alkanes of at least 4 members (excludes halogenated alkanes) is 37. The highest BCUT2D eigenvalue weighted by molar-refractivity contribution is 5.74. The van der Waals surface area contributed by atoms with Crippen LogP contribution in [0.2, 0.25) is 0 Å². The van der Waals surface area contributed by atoms with E-state index in [0.717, 1.165) is 103 Å². The first-order chi connectivity index (χ1) is 38.6. The molecule has 1 aliphatic heterocycles. The maximum absolute atomic E-state index is 13.2. The van der Waals surface area contributed by atoms with E-state index in [-0.39, 0.29) is 25.9 Å². The molecule has 79 heavy (non-hydrogen) atoms. The Morgan fingerprint density at radius 2 is 0.759 bits per heavy atom. The van der Waals surface area contributed by atoms with Gasteiger partial charge in [0.25, 0.3) is 0 Å². The van der Waals surface area contributed by atoms with Crippen molar-refractivity contribution in [3.63, 3.8) is 0 Å². The fourth-order valence-corrected chi connectivity index (χ4v) is 10.1. The largest absolute Gasteiger partial charge is 0.479 e. The summed E-state index contributed by atoms with van der Waals surface area (Å²) in [4.78, 5) is 51.3. The van der Waals surface area contributed by atoms with Crippen molar-refractivity contribution in [2.75, 3.05) is 13.2 Å². The minimum absolute atomic E-state index is 0.0546. The zero-order chi connectivity index (χ0) is 57.5. The summed E-state index contributed by atoms with van der Waals surface area (Å²) in [5, 5.41) is 31.6. The number of allylic oxidation sites excluding steroid dienone is 6. The van der Waals surface area contributed by atoms with E-state index in [1.54, 1.807) is 0 Å². The quantitative estimate of drug-likeness (QED) is 0.0228. The average Bonchev–Trinajstić information content (AvgIpc) is 3.43. The van der Waals surface area contributed by atoms with E-state index in [1.807, 2.05) is 0 Å². The summed E-state index contributed by atoms with van der Waals surface area (Å²) in [6, 6.07) is 0. The Morgan fingerprint density at radius 3 is 1.18 bits per heavy atom. The lowest BCUT2D eigenvalue weighted by Crippen LogP contribution is -2.61. The SMILES string of the molecule is CCCCC/C=C\C/C=C\CCCCCCCCCC(=O)OC1C(OCC(COC(=O)CCCCCCCCC/C=C\CCCCCCCC)OC(=O)CCCCCCCCCCCCCCCCC)OC(C(=O)O)C(O)C1O. The van der Waals surface area contributed by atoms with Crippen LogP contribution in [0.15, 0.2) is 36.5 Å². The van der Waals surface area contributed by atoms with Gasteiger partial charge in [0.15, 0.2) is 24.6 Å². The molecule has 1 heterocycles. The highest BCUT2D eigenvalue weighted by atomic mass is 16.7. The summed E-state index contributed by atoms with van der Waals surface area (Å²) in [5.74, 6) is -3.10. The van der Waals surface area contributed by atoms with E-state index >= 15 is 0 Å². The first kappa shape index (κ1) is 74.0. The Morgan fingerprint density at radius 1 is 0.418 bits per heavy atom. The van der Waals surface area contributed by atoms with Crippen LogP contribution >= 0.6 is 0 Å². The van der Waals surface area contributed by atoms with E-state index in [2.05, 4.69) is 57.2 Å². The fourth-order valence-electron chi connectivity index (χ4n) is 10.1. The summed E-state index contributed by atoms with van der Waals surface area (Å²) in [6.07, 6.45) is 53.8. The molecule has 6 atom stereocenters. The Bertz CT molecular complexity index is 1510. The van der Waals surface area contributed by atoms with Crippen molar-refractivity contribution in [2.24, 2.45) is 0 Å². The van der Waals surface area contributed by atoms with E-state index in [4.69, 9.17) is 23.7 Å². The maximum atomic E-state index is 13.2. The second-order valence-corrected chi connectivity index (χ2v) is 22.8. The second kappa shape index (κ2) is 55.5. The van der Waals surface area contributed by atoms with Gasteiger partial charge in [0, 0.05) is 19.3 Å². The van der Waals surface area contributed by atoms with Crippen LogP contribution in [-0.2, 0) is 42.9 Å². The van der Waals surface area contributed by atoms with Crippen molar-refractivity contribution < 1.29 is 58.2 Å². The van der Waals surface area contributed by atoms with Crippen molar-refractivity contribution >= 4 is 23.9 Å². The van der Waals surface area contributed by atoms with Crippen LogP contribution in [0.25, 0.3) is 0 Å². The van der Waals surface area contributed by atoms with Gasteiger partial charge < -0.3 is 39.0 Å². The monoisotopic (exact) mass is 1120 g/mol. The standard InChI is InChI=1S/C67H120O12/c1-4-7-10-13-16-19-22-25-28-30-33-35-38-41-44-47-50-53-59(68)75-56-58(77-60(69)54-51-48-45-42-39-36-32-27-24-21-18-15-12-9-6-3)57-76-67-65(63(72)62(71)64(79-67)66(73)74)78-61(70)55-52-49-46-43-40-37-34-31-29-26-23-20-17-14-11-8-5-2/h17,20,25-26,28-29,58,62-65,67,71-72H,4-16,18-19,21-24,27,30-57H2,1-3H3,(H,73,74)/b20-17-,28-25-,29-26-. The number of aliphatic hydroxyl groups is 2. The van der Waals surface area contributed by atoms with E-state index in [9.17, 15) is 34.5 Å². The zero-order valence-electron chi connectivity index (χ0n) is 50.9. The van der Waals surface area contributed by atoms with Gasteiger partial charge in [0.05, 0.1) is 6.61 Å². The van der Waals surface area contributed by atoms with Gasteiger partial charge in [-0.2, -0.15) is 0 Å². The van der Waals surface area contributed by atoms with Crippen LogP contribution in [0.1, 0.15) is 316 Å². The second-order valence-electron chi connectivity index (χ2n) is 22.8. The molecule has 3 N–H and O–H groups in total. The number of hydrogen-bond acceptors (Lipinski definition) is 11. The highest BCUT2D eigenvalue weighted by Crippen LogP contribution is 2.27. The number of rotatable bonds is 57. The fraction of sp³-hybridized carbons (Fsp3) is 0.851. The van der Waals surface area contributed by atoms with Crippen molar-refractivity contribution in [1.29, 1.82) is 0 Å². The highest BCUT2D eigenvalue weighted by Gasteiger charge is 2.50. The van der Waals surface area contributed by atoms with Gasteiger partial charge in [-0.3, -0.25) is 14.4 Å². The van der Waals surface area contributed by atoms with Gasteiger partial charge in [-0.15, -0.1) is 0 Å². The molecular weight excluding hydrogens is 997 g/mol. The van der Waals surface area contributed by atoms with Gasteiger partial charge in [-0.25, -0.2) is 4.79 Å². The molecule has 1 fully saturated rings. The third-order valence-corrected chi connectivity index (χ3v) is 15.2. The molecule has 460 valence electrons. The Kier molecular flexibility index (Phi) is 51.9. The molecule has 0 radical (unpaired) electrons. The van der Waals surface area contributed by atoms with Crippen LogP contribution in [0.5, 0.6) is 0 Å². The lowest BCUT2D eigenvalue weighted by molar-refractivity contribution is -0.301. The lowest BCUT2D eigenvalue weighted by Gasteiger charge is -2.40. The predicted molar refractivity (Wildman–Crippen MR) is 322 cm³/mol. The topological polar surface area (TPSA) is 175 Å². The first-order valence-electron chi connectivity index (χ1n) is 33.0. The molecule has 0 aliphatic carbocycles. The molecule has 12 heteroatoms. The van der Waals surface area contributed by atoms with Gasteiger partial charge in [0.1, 0.15) is 18.8 Å². The van der Waals surface area contributed by atoms with Gasteiger partial charge >= 0.3 is 23.9 Å². The molecule has 0 bridgehead atoms. The molecule has 6 unspecified atom stereocenters. The van der Waals surface area contributed by atoms with Crippen LogP contribution in [0, 0.1) is 0 Å². The number of aliphatic hydroxyl groups excluding tert-OH is 2. The Labute approximate surface area is 482 Å². The van der Waals surface area contributed by atoms with Gasteiger partial charge in [-0.1, -0.05) is 256 Å². The van der Waals surface area contributed by atoms with E-state index in [1.165, 1.54) is 154 Å². The Balaban J connectivity index is 2.65. The summed E-state index contributed by atoms with van der Waals surface area (Å²) in [7, 11) is 0. The third-order valence-electron chi connectivity index (χ3n) is 15.2. The summed E-state index contributed by atoms with van der Waals surface area (Å²) in [6.45, 7) is 6.01. The van der Waals surface area contributed by atoms with Gasteiger partial charge in [0.2, 0.25) is 0 Å². The number of esters is 3. The molecule has 0 amide bonds. The lowest BCUT2D eigenvalue weighted by atomic mass is 9.98. The molecule has 1 saturated heterocycles. The maximum Gasteiger partial charge on any atom is 0.335 e. The Hall–Kier alpha value is -3.06. The first-order valence-corrected chi connectivity index (χ1v) is 33.0. The molecule has 0 aromatic heterocycles. The third kappa shape index (κ3) is 45.2. The van der Waals surface area contributed by atoms with Crippen LogP contribution < -0.4 is 0 Å². The van der Waals surface area contributed by atoms with E-state index in [0.29, 0.717) is 19.3 Å². The normalized spacial score (nSPS) is 18.0. The van der Waals surface area contributed by atoms with Crippen LogP contribution in [-0.4, -0.2) is 89.2 Å².